The molecule has 5 rings (SSSR count). The van der Waals surface area contributed by atoms with E-state index in [-0.39, 0.29) is 22.3 Å². The summed E-state index contributed by atoms with van der Waals surface area (Å²) in [5, 5.41) is 6.34. The molecule has 0 amide bonds. The number of nitrogens with one attached hydrogen (secondary N) is 3. The van der Waals surface area contributed by atoms with Crippen LogP contribution in [-0.4, -0.2) is 62.1 Å². The summed E-state index contributed by atoms with van der Waals surface area (Å²) in [6.07, 6.45) is 1.42. The molecule has 0 unspecified atom stereocenters. The predicted octanol–water partition coefficient (Wildman–Crippen LogP) is 6.56. The summed E-state index contributed by atoms with van der Waals surface area (Å²) < 4.78 is 29.5. The zero-order valence-electron chi connectivity index (χ0n) is 25.7. The summed E-state index contributed by atoms with van der Waals surface area (Å²) in [5.74, 6) is 0.480. The Morgan fingerprint density at radius 1 is 0.844 bits per heavy atom. The fourth-order valence-electron chi connectivity index (χ4n) is 4.95. The number of likely N-dealkylation sites (N-methyl/N-ethyl adjacent to an activating group) is 1. The number of benzene rings is 3. The van der Waals surface area contributed by atoms with Gasteiger partial charge in [0, 0.05) is 55.0 Å². The SMILES string of the molecule is [C-]#[N+]c1ccccc1-c1cc(Nc2nc(Nc3ccc(N4CCN(C)CC4)cc3)ncc2[N+]#[C-])cc(S(=O)(=O)NC(C)(C)C)c1. The average molecular weight is 622 g/mol. The highest BCUT2D eigenvalue weighted by atomic mass is 32.2. The summed E-state index contributed by atoms with van der Waals surface area (Å²) in [7, 11) is -1.81. The second kappa shape index (κ2) is 12.9. The van der Waals surface area contributed by atoms with Crippen LogP contribution in [0.25, 0.3) is 20.8 Å². The lowest BCUT2D eigenvalue weighted by Gasteiger charge is -2.34. The predicted molar refractivity (Wildman–Crippen MR) is 179 cm³/mol. The van der Waals surface area contributed by atoms with Crippen LogP contribution in [0.1, 0.15) is 20.8 Å². The fourth-order valence-corrected chi connectivity index (χ4v) is 6.44. The number of piperazine rings is 1. The van der Waals surface area contributed by atoms with Gasteiger partial charge in [-0.15, -0.1) is 0 Å². The highest BCUT2D eigenvalue weighted by Gasteiger charge is 2.24. The van der Waals surface area contributed by atoms with Crippen LogP contribution >= 0.6 is 0 Å². The molecule has 4 aromatic rings. The highest BCUT2D eigenvalue weighted by molar-refractivity contribution is 7.89. The van der Waals surface area contributed by atoms with Crippen LogP contribution in [0.4, 0.5) is 40.2 Å². The molecule has 0 bridgehead atoms. The minimum Gasteiger partial charge on any atom is -0.369 e. The van der Waals surface area contributed by atoms with Gasteiger partial charge in [0.05, 0.1) is 18.0 Å². The van der Waals surface area contributed by atoms with Crippen molar-refractivity contribution in [2.45, 2.75) is 31.2 Å². The number of para-hydroxylation sites is 1. The summed E-state index contributed by atoms with van der Waals surface area (Å²) in [6.45, 7) is 24.6. The van der Waals surface area contributed by atoms with E-state index in [1.54, 1.807) is 51.1 Å². The Morgan fingerprint density at radius 3 is 2.20 bits per heavy atom. The molecule has 0 spiro atoms. The van der Waals surface area contributed by atoms with Gasteiger partial charge in [-0.2, -0.15) is 0 Å². The molecular weight excluding hydrogens is 586 g/mol. The van der Waals surface area contributed by atoms with Crippen LogP contribution in [0.5, 0.6) is 0 Å². The Balaban J connectivity index is 1.47. The van der Waals surface area contributed by atoms with Crippen molar-refractivity contribution in [3.8, 4) is 11.1 Å². The van der Waals surface area contributed by atoms with E-state index in [2.05, 4.69) is 64.0 Å². The van der Waals surface area contributed by atoms with Gasteiger partial charge in [0.2, 0.25) is 21.7 Å². The molecule has 1 aliphatic heterocycles. The zero-order chi connectivity index (χ0) is 32.2. The molecule has 1 fully saturated rings. The van der Waals surface area contributed by atoms with Crippen LogP contribution in [0, 0.1) is 13.1 Å². The Hall–Kier alpha value is -5.01. The second-order valence-electron chi connectivity index (χ2n) is 11.9. The number of anilines is 5. The van der Waals surface area contributed by atoms with Gasteiger partial charge < -0.3 is 20.4 Å². The molecule has 45 heavy (non-hydrogen) atoms. The first-order valence-electron chi connectivity index (χ1n) is 14.4. The van der Waals surface area contributed by atoms with Gasteiger partial charge >= 0.3 is 0 Å². The van der Waals surface area contributed by atoms with Crippen molar-refractivity contribution in [3.05, 3.63) is 95.8 Å². The van der Waals surface area contributed by atoms with Crippen LogP contribution < -0.4 is 20.3 Å². The molecular formula is C33H35N9O2S. The Bertz CT molecular complexity index is 1880. The molecule has 1 saturated heterocycles. The van der Waals surface area contributed by atoms with Crippen LogP contribution in [0.3, 0.4) is 0 Å². The van der Waals surface area contributed by atoms with Gasteiger partial charge in [-0.3, -0.25) is 0 Å². The molecule has 230 valence electrons. The van der Waals surface area contributed by atoms with Crippen LogP contribution in [0.2, 0.25) is 0 Å². The first-order chi connectivity index (χ1) is 21.4. The standard InChI is InChI=1S/C33H35N9O2S/c1-33(2,3)40-45(43,44)27-20-23(28-9-7-8-10-29(28)34-4)19-25(21-27)37-31-30(35-5)22-36-32(39-31)38-24-11-13-26(14-12-24)42-17-15-41(6)16-18-42/h7-14,19-22,40H,15-18H2,1-3,6H3,(H2,36,37,38,39). The lowest BCUT2D eigenvalue weighted by atomic mass is 10.0. The molecule has 0 saturated carbocycles. The summed E-state index contributed by atoms with van der Waals surface area (Å²) in [6, 6.07) is 19.8. The molecule has 12 heteroatoms. The second-order valence-corrected chi connectivity index (χ2v) is 13.5. The average Bonchev–Trinajstić information content (AvgIpc) is 3.01. The van der Waals surface area contributed by atoms with E-state index in [0.717, 1.165) is 37.6 Å². The smallest absolute Gasteiger partial charge is 0.246 e. The van der Waals surface area contributed by atoms with Gasteiger partial charge in [-0.1, -0.05) is 24.3 Å². The van der Waals surface area contributed by atoms with Gasteiger partial charge in [0.1, 0.15) is 5.82 Å². The van der Waals surface area contributed by atoms with Gasteiger partial charge in [0.15, 0.2) is 5.69 Å². The van der Waals surface area contributed by atoms with Crippen molar-refractivity contribution in [3.63, 3.8) is 0 Å². The maximum Gasteiger partial charge on any atom is 0.246 e. The first-order valence-corrected chi connectivity index (χ1v) is 15.9. The van der Waals surface area contributed by atoms with E-state index in [0.29, 0.717) is 22.5 Å². The highest BCUT2D eigenvalue weighted by Crippen LogP contribution is 2.36. The minimum absolute atomic E-state index is 0.00872. The topological polar surface area (TPSA) is 111 Å². The molecule has 0 atom stereocenters. The van der Waals surface area contributed by atoms with E-state index in [1.165, 1.54) is 18.3 Å². The van der Waals surface area contributed by atoms with Crippen LogP contribution in [0.15, 0.2) is 77.8 Å². The van der Waals surface area contributed by atoms with E-state index < -0.39 is 15.6 Å². The number of hydrogen-bond donors (Lipinski definition) is 3. The van der Waals surface area contributed by atoms with Crippen LogP contribution in [-0.2, 0) is 10.0 Å². The molecule has 3 aromatic carbocycles. The fraction of sp³-hybridized carbons (Fsp3) is 0.273. The van der Waals surface area contributed by atoms with Gasteiger partial charge in [0.25, 0.3) is 0 Å². The monoisotopic (exact) mass is 621 g/mol. The number of rotatable bonds is 8. The Labute approximate surface area is 264 Å². The van der Waals surface area contributed by atoms with Crippen molar-refractivity contribution < 1.29 is 8.42 Å². The first kappa shape index (κ1) is 31.4. The molecule has 11 nitrogen and oxygen atoms in total. The van der Waals surface area contributed by atoms with E-state index in [4.69, 9.17) is 13.1 Å². The molecule has 0 aliphatic carbocycles. The number of sulfonamides is 1. The Kier molecular flexibility index (Phi) is 9.02. The molecule has 0 radical (unpaired) electrons. The number of hydrogen-bond acceptors (Lipinski definition) is 8. The van der Waals surface area contributed by atoms with E-state index >= 15 is 0 Å². The third-order valence-electron chi connectivity index (χ3n) is 7.14. The van der Waals surface area contributed by atoms with Gasteiger partial charge in [-0.25, -0.2) is 32.8 Å². The molecule has 2 heterocycles. The summed E-state index contributed by atoms with van der Waals surface area (Å²) in [5.41, 5.74) is 3.25. The van der Waals surface area contributed by atoms with Crippen molar-refractivity contribution in [1.29, 1.82) is 0 Å². The largest absolute Gasteiger partial charge is 0.369 e. The van der Waals surface area contributed by atoms with Gasteiger partial charge in [-0.05, 0) is 81.4 Å². The number of aromatic nitrogens is 2. The number of nitrogens with zero attached hydrogens (tertiary/aromatic N) is 6. The lowest BCUT2D eigenvalue weighted by molar-refractivity contribution is 0.313. The van der Waals surface area contributed by atoms with E-state index in [9.17, 15) is 8.42 Å². The maximum absolute atomic E-state index is 13.4. The quantitative estimate of drug-likeness (QED) is 0.190. The third kappa shape index (κ3) is 7.75. The summed E-state index contributed by atoms with van der Waals surface area (Å²) >= 11 is 0. The third-order valence-corrected chi connectivity index (χ3v) is 8.87. The van der Waals surface area contributed by atoms with E-state index in [1.807, 2.05) is 12.1 Å². The molecule has 1 aromatic heterocycles. The lowest BCUT2D eigenvalue weighted by Crippen LogP contribution is -2.44. The minimum atomic E-state index is -3.94. The zero-order valence-corrected chi connectivity index (χ0v) is 26.5. The molecule has 1 aliphatic rings. The van der Waals surface area contributed by atoms with Crippen molar-refractivity contribution in [2.75, 3.05) is 48.8 Å². The Morgan fingerprint density at radius 2 is 1.53 bits per heavy atom. The summed E-state index contributed by atoms with van der Waals surface area (Å²) in [4.78, 5) is 20.7. The van der Waals surface area contributed by atoms with Crippen molar-refractivity contribution in [2.24, 2.45) is 0 Å². The van der Waals surface area contributed by atoms with Crippen molar-refractivity contribution in [1.82, 2.24) is 19.6 Å². The maximum atomic E-state index is 13.4. The molecule has 3 N–H and O–H groups in total. The van der Waals surface area contributed by atoms with Crippen molar-refractivity contribution >= 4 is 50.2 Å². The normalized spacial score (nSPS) is 14.0.